The summed E-state index contributed by atoms with van der Waals surface area (Å²) in [6.07, 6.45) is 1.10. The summed E-state index contributed by atoms with van der Waals surface area (Å²) in [7, 11) is -2.77. The molecule has 2 N–H and O–H groups in total. The van der Waals surface area contributed by atoms with Crippen LogP contribution in [0.25, 0.3) is 0 Å². The Morgan fingerprint density at radius 1 is 1.02 bits per heavy atom. The maximum atomic E-state index is 14.4. The van der Waals surface area contributed by atoms with Crippen LogP contribution in [0.4, 0.5) is 17.1 Å². The topological polar surface area (TPSA) is 90.3 Å². The molecule has 6 rings (SSSR count). The summed E-state index contributed by atoms with van der Waals surface area (Å²) in [4.78, 5) is 42.0. The number of rotatable bonds is 6. The molecule has 1 fully saturated rings. The van der Waals surface area contributed by atoms with Gasteiger partial charge in [-0.05, 0) is 73.5 Å². The van der Waals surface area contributed by atoms with Gasteiger partial charge in [0.05, 0.1) is 24.0 Å². The first kappa shape index (κ1) is 28.1. The summed E-state index contributed by atoms with van der Waals surface area (Å²) in [5.74, 6) is -0.434. The van der Waals surface area contributed by atoms with Crippen LogP contribution in [-0.4, -0.2) is 42.7 Å². The van der Waals surface area contributed by atoms with Crippen molar-refractivity contribution in [2.45, 2.75) is 63.1 Å². The normalized spacial score (nSPS) is 25.7. The second kappa shape index (κ2) is 10.4. The van der Waals surface area contributed by atoms with Crippen molar-refractivity contribution in [1.29, 1.82) is 0 Å². The monoisotopic (exact) mass is 590 g/mol. The van der Waals surface area contributed by atoms with Crippen molar-refractivity contribution < 1.29 is 24.2 Å². The van der Waals surface area contributed by atoms with Crippen LogP contribution in [-0.2, 0) is 32.9 Å². The second-order valence-corrected chi connectivity index (χ2v) is 16.4. The van der Waals surface area contributed by atoms with E-state index in [-0.39, 0.29) is 29.9 Å². The molecule has 1 saturated heterocycles. The first-order valence-corrected chi connectivity index (χ1v) is 17.6. The van der Waals surface area contributed by atoms with Crippen molar-refractivity contribution in [2.24, 2.45) is 5.92 Å². The highest BCUT2D eigenvalue weighted by Crippen LogP contribution is 2.60. The quantitative estimate of drug-likeness (QED) is 0.361. The number of aliphatic hydroxyl groups excluding tert-OH is 1. The van der Waals surface area contributed by atoms with Crippen molar-refractivity contribution in [3.63, 3.8) is 0 Å². The third-order valence-corrected chi connectivity index (χ3v) is 11.7. The summed E-state index contributed by atoms with van der Waals surface area (Å²) in [5, 5.41) is 10.3. The minimum atomic E-state index is -2.77. The average molecular weight is 591 g/mol. The van der Waals surface area contributed by atoms with Gasteiger partial charge in [0, 0.05) is 40.8 Å². The highest BCUT2D eigenvalue weighted by atomic mass is 35.5. The molecule has 3 aromatic rings. The van der Waals surface area contributed by atoms with Crippen LogP contribution in [0.1, 0.15) is 36.5 Å². The van der Waals surface area contributed by atoms with Crippen molar-refractivity contribution in [1.82, 2.24) is 0 Å². The van der Waals surface area contributed by atoms with Crippen LogP contribution in [0.2, 0.25) is 23.7 Å². The van der Waals surface area contributed by atoms with E-state index in [4.69, 9.17) is 16.3 Å². The van der Waals surface area contributed by atoms with E-state index in [0.29, 0.717) is 30.0 Å². The molecule has 0 radical (unpaired) electrons. The van der Waals surface area contributed by atoms with Crippen LogP contribution >= 0.6 is 11.6 Å². The van der Waals surface area contributed by atoms with Crippen molar-refractivity contribution in [3.8, 4) is 0 Å². The van der Waals surface area contributed by atoms with Gasteiger partial charge in [-0.25, -0.2) is 0 Å². The van der Waals surface area contributed by atoms with Crippen molar-refractivity contribution >= 4 is 48.8 Å². The number of nitrogens with zero attached hydrogens (tertiary/aromatic N) is 2. The van der Waals surface area contributed by atoms with Gasteiger partial charge in [-0.1, -0.05) is 48.9 Å². The van der Waals surface area contributed by atoms with Crippen LogP contribution in [0.5, 0.6) is 0 Å². The summed E-state index contributed by atoms with van der Waals surface area (Å²) in [5.41, 5.74) is 3.67. The summed E-state index contributed by atoms with van der Waals surface area (Å²) < 4.78 is 6.63. The Hall–Kier alpha value is -3.01. The lowest BCUT2D eigenvalue weighted by molar-refractivity contribution is -0.146. The van der Waals surface area contributed by atoms with Crippen molar-refractivity contribution in [2.75, 3.05) is 16.4 Å². The van der Waals surface area contributed by atoms with E-state index in [0.717, 1.165) is 34.6 Å². The van der Waals surface area contributed by atoms with Gasteiger partial charge in [-0.15, -0.1) is 0 Å². The lowest BCUT2D eigenvalue weighted by atomic mass is 9.82. The molecule has 7 nitrogen and oxygen atoms in total. The predicted molar refractivity (Wildman–Crippen MR) is 162 cm³/mol. The minimum Gasteiger partial charge on any atom is -0.432 e. The number of aryl methyl sites for hydroxylation is 1. The number of ether oxygens (including phenoxy) is 1. The molecule has 2 amide bonds. The fraction of sp³-hybridized carbons (Fsp3) is 0.375. The van der Waals surface area contributed by atoms with Gasteiger partial charge in [0.25, 0.3) is 5.91 Å². The van der Waals surface area contributed by atoms with E-state index >= 15 is 0 Å². The number of aliphatic hydroxyl groups is 1. The van der Waals surface area contributed by atoms with Crippen LogP contribution in [0.3, 0.4) is 0 Å². The van der Waals surface area contributed by atoms with E-state index in [9.17, 15) is 19.5 Å². The minimum absolute atomic E-state index is 0.0635. The number of benzene rings is 3. The first-order valence-electron chi connectivity index (χ1n) is 14.2. The molecule has 0 bridgehead atoms. The predicted octanol–water partition coefficient (Wildman–Crippen LogP) is 5.68. The Labute approximate surface area is 246 Å². The van der Waals surface area contributed by atoms with Gasteiger partial charge in [0.1, 0.15) is 0 Å². The third-order valence-electron chi connectivity index (χ3n) is 8.98. The zero-order chi connectivity index (χ0) is 29.1. The molecule has 9 heteroatoms. The maximum Gasteiger partial charge on any atom is 0.264 e. The molecule has 0 aliphatic carbocycles. The summed E-state index contributed by atoms with van der Waals surface area (Å²) in [6.45, 7) is 5.92. The van der Waals surface area contributed by atoms with E-state index < -0.39 is 20.0 Å². The molecule has 0 unspecified atom stereocenters. The molecule has 3 aromatic carbocycles. The Morgan fingerprint density at radius 3 is 2.46 bits per heavy atom. The highest BCUT2D eigenvalue weighted by molar-refractivity contribution is 6.71. The molecular formula is C32H35ClN2O5Si. The van der Waals surface area contributed by atoms with Crippen molar-refractivity contribution in [3.05, 3.63) is 88.4 Å². The SMILES string of the molecule is C[C@@H]1[C@@H]([Si](C)(C)O)[C@H](CCO)O[C@@]12C(=O)N(Cc1ccc(N3C(=O)CCc4ccccc43)cc1)c1ccc(Cl)cc12. The third kappa shape index (κ3) is 4.53. The molecule has 214 valence electrons. The molecular weight excluding hydrogens is 556 g/mol. The van der Waals surface area contributed by atoms with Crippen LogP contribution in [0.15, 0.2) is 66.7 Å². The number of fused-ring (bicyclic) bond motifs is 3. The molecule has 41 heavy (non-hydrogen) atoms. The summed E-state index contributed by atoms with van der Waals surface area (Å²) >= 11 is 6.45. The number of carbonyl (C=O) groups is 2. The largest absolute Gasteiger partial charge is 0.432 e. The van der Waals surface area contributed by atoms with Gasteiger partial charge in [-0.3, -0.25) is 14.5 Å². The van der Waals surface area contributed by atoms with E-state index in [2.05, 4.69) is 6.07 Å². The Morgan fingerprint density at radius 2 is 1.76 bits per heavy atom. The smallest absolute Gasteiger partial charge is 0.264 e. The standard InChI is InChI=1S/C32H35ClN2O5Si/c1-20-30(41(2,3)39)28(16-17-36)40-32(20)25-18-23(33)11-14-27(25)34(31(32)38)19-21-8-12-24(13-9-21)35-26-7-5-4-6-22(26)10-15-29(35)37/h4-9,11-14,18,20,28,30,36,39H,10,15-17,19H2,1-3H3/t20-,28+,30-,32+/m1/s1. The second-order valence-electron chi connectivity index (χ2n) is 11.9. The first-order chi connectivity index (χ1) is 19.6. The molecule has 4 atom stereocenters. The summed E-state index contributed by atoms with van der Waals surface area (Å²) in [6, 6.07) is 21.2. The number of hydrogen-bond donors (Lipinski definition) is 2. The lowest BCUT2D eigenvalue weighted by Crippen LogP contribution is -2.46. The lowest BCUT2D eigenvalue weighted by Gasteiger charge is -2.32. The van der Waals surface area contributed by atoms with Crippen LogP contribution < -0.4 is 9.80 Å². The van der Waals surface area contributed by atoms with Gasteiger partial charge in [0.2, 0.25) is 5.91 Å². The fourth-order valence-electron chi connectivity index (χ4n) is 7.25. The molecule has 3 aliphatic heterocycles. The maximum absolute atomic E-state index is 14.4. The molecule has 3 aliphatic rings. The molecule has 0 saturated carbocycles. The number of halogens is 1. The van der Waals surface area contributed by atoms with E-state index in [1.54, 1.807) is 21.9 Å². The van der Waals surface area contributed by atoms with Gasteiger partial charge >= 0.3 is 0 Å². The average Bonchev–Trinajstić information content (AvgIpc) is 3.36. The number of para-hydroxylation sites is 1. The Balaban J connectivity index is 1.34. The Bertz CT molecular complexity index is 1510. The number of carbonyl (C=O) groups excluding carboxylic acids is 2. The van der Waals surface area contributed by atoms with Gasteiger partial charge in [0.15, 0.2) is 13.9 Å². The number of anilines is 3. The molecule has 1 spiro atoms. The fourth-order valence-corrected chi connectivity index (χ4v) is 10.0. The van der Waals surface area contributed by atoms with Gasteiger partial charge in [-0.2, -0.15) is 0 Å². The zero-order valence-corrected chi connectivity index (χ0v) is 25.3. The molecule has 0 aromatic heterocycles. The highest BCUT2D eigenvalue weighted by Gasteiger charge is 2.66. The van der Waals surface area contributed by atoms with E-state index in [1.165, 1.54) is 0 Å². The number of hydrogen-bond acceptors (Lipinski definition) is 5. The van der Waals surface area contributed by atoms with Gasteiger partial charge < -0.3 is 19.5 Å². The molecule has 3 heterocycles. The van der Waals surface area contributed by atoms with E-state index in [1.807, 2.05) is 68.5 Å². The van der Waals surface area contributed by atoms with Crippen LogP contribution in [0, 0.1) is 5.92 Å². The Kier molecular flexibility index (Phi) is 7.11. The number of amides is 2. The zero-order valence-electron chi connectivity index (χ0n) is 23.5.